The number of hydrogen-bond acceptors (Lipinski definition) is 2. The predicted octanol–water partition coefficient (Wildman–Crippen LogP) is 2.31. The number of aldehydes is 1. The van der Waals surface area contributed by atoms with Gasteiger partial charge in [0.25, 0.3) is 0 Å². The summed E-state index contributed by atoms with van der Waals surface area (Å²) in [5.74, 6) is 0.282. The van der Waals surface area contributed by atoms with E-state index in [4.69, 9.17) is 0 Å². The Kier molecular flexibility index (Phi) is 3.34. The van der Waals surface area contributed by atoms with Crippen LogP contribution in [0.4, 0.5) is 4.39 Å². The standard InChI is InChI=1S/C13H16FNO/c1-9(8-16)11-6-13(15-7-11)10-2-4-12(14)5-3-10/h2-5,8-9,11,13,15H,6-7H2,1H3. The third-order valence-corrected chi connectivity index (χ3v) is 3.40. The Hall–Kier alpha value is -1.22. The molecule has 0 bridgehead atoms. The van der Waals surface area contributed by atoms with Gasteiger partial charge in [0.15, 0.2) is 0 Å². The van der Waals surface area contributed by atoms with Crippen molar-refractivity contribution in [1.82, 2.24) is 5.32 Å². The molecule has 1 fully saturated rings. The zero-order chi connectivity index (χ0) is 11.5. The summed E-state index contributed by atoms with van der Waals surface area (Å²) < 4.78 is 12.8. The molecule has 0 aromatic heterocycles. The van der Waals surface area contributed by atoms with Crippen LogP contribution in [-0.4, -0.2) is 12.8 Å². The molecule has 1 aliphatic heterocycles. The molecule has 1 aromatic rings. The van der Waals surface area contributed by atoms with Gasteiger partial charge in [-0.1, -0.05) is 19.1 Å². The number of carbonyl (C=O) groups excluding carboxylic acids is 1. The first-order valence-electron chi connectivity index (χ1n) is 5.65. The van der Waals surface area contributed by atoms with Crippen molar-refractivity contribution in [3.05, 3.63) is 35.6 Å². The van der Waals surface area contributed by atoms with Gasteiger partial charge in [0.2, 0.25) is 0 Å². The number of carbonyl (C=O) groups is 1. The molecule has 3 heteroatoms. The van der Waals surface area contributed by atoms with Gasteiger partial charge in [-0.2, -0.15) is 0 Å². The fraction of sp³-hybridized carbons (Fsp3) is 0.462. The van der Waals surface area contributed by atoms with Crippen LogP contribution in [0.1, 0.15) is 24.9 Å². The largest absolute Gasteiger partial charge is 0.310 e. The summed E-state index contributed by atoms with van der Waals surface area (Å²) >= 11 is 0. The van der Waals surface area contributed by atoms with Crippen molar-refractivity contribution in [2.75, 3.05) is 6.54 Å². The van der Waals surface area contributed by atoms with Gasteiger partial charge in [0.05, 0.1) is 0 Å². The van der Waals surface area contributed by atoms with Crippen LogP contribution in [0.25, 0.3) is 0 Å². The van der Waals surface area contributed by atoms with Crippen LogP contribution in [0.5, 0.6) is 0 Å². The zero-order valence-corrected chi connectivity index (χ0v) is 9.32. The molecule has 1 aromatic carbocycles. The SMILES string of the molecule is CC(C=O)C1CNC(c2ccc(F)cc2)C1. The Bertz CT molecular complexity index is 363. The van der Waals surface area contributed by atoms with Gasteiger partial charge >= 0.3 is 0 Å². The second-order valence-corrected chi connectivity index (χ2v) is 4.50. The summed E-state index contributed by atoms with van der Waals surface area (Å²) in [7, 11) is 0. The van der Waals surface area contributed by atoms with Crippen LogP contribution in [-0.2, 0) is 4.79 Å². The van der Waals surface area contributed by atoms with Crippen molar-refractivity contribution in [3.63, 3.8) is 0 Å². The Morgan fingerprint density at radius 3 is 2.75 bits per heavy atom. The van der Waals surface area contributed by atoms with Gasteiger partial charge in [-0.25, -0.2) is 4.39 Å². The van der Waals surface area contributed by atoms with Crippen LogP contribution in [0, 0.1) is 17.7 Å². The van der Waals surface area contributed by atoms with E-state index in [0.717, 1.165) is 24.8 Å². The highest BCUT2D eigenvalue weighted by atomic mass is 19.1. The maximum absolute atomic E-state index is 12.8. The van der Waals surface area contributed by atoms with Crippen molar-refractivity contribution in [3.8, 4) is 0 Å². The van der Waals surface area contributed by atoms with Crippen molar-refractivity contribution >= 4 is 6.29 Å². The Morgan fingerprint density at radius 2 is 2.12 bits per heavy atom. The maximum atomic E-state index is 12.8. The van der Waals surface area contributed by atoms with E-state index >= 15 is 0 Å². The van der Waals surface area contributed by atoms with Crippen LogP contribution >= 0.6 is 0 Å². The summed E-state index contributed by atoms with van der Waals surface area (Å²) in [6, 6.07) is 6.83. The van der Waals surface area contributed by atoms with Gasteiger partial charge < -0.3 is 10.1 Å². The van der Waals surface area contributed by atoms with Crippen molar-refractivity contribution in [2.45, 2.75) is 19.4 Å². The van der Waals surface area contributed by atoms with E-state index in [1.54, 1.807) is 12.1 Å². The summed E-state index contributed by atoms with van der Waals surface area (Å²) in [6.07, 6.45) is 1.96. The molecule has 0 saturated carbocycles. The van der Waals surface area contributed by atoms with E-state index in [1.807, 2.05) is 6.92 Å². The molecule has 0 amide bonds. The van der Waals surface area contributed by atoms with Gasteiger partial charge in [-0.3, -0.25) is 0 Å². The van der Waals surface area contributed by atoms with Gasteiger partial charge in [0.1, 0.15) is 12.1 Å². The lowest BCUT2D eigenvalue weighted by Gasteiger charge is -2.12. The first kappa shape index (κ1) is 11.3. The van der Waals surface area contributed by atoms with E-state index < -0.39 is 0 Å². The lowest BCUT2D eigenvalue weighted by Crippen LogP contribution is -2.17. The third-order valence-electron chi connectivity index (χ3n) is 3.40. The lowest BCUT2D eigenvalue weighted by atomic mass is 9.91. The van der Waals surface area contributed by atoms with Crippen LogP contribution < -0.4 is 5.32 Å². The van der Waals surface area contributed by atoms with E-state index in [0.29, 0.717) is 5.92 Å². The second kappa shape index (κ2) is 4.74. The van der Waals surface area contributed by atoms with Gasteiger partial charge in [0, 0.05) is 12.0 Å². The fourth-order valence-corrected chi connectivity index (χ4v) is 2.22. The fourth-order valence-electron chi connectivity index (χ4n) is 2.22. The highest BCUT2D eigenvalue weighted by molar-refractivity contribution is 5.53. The van der Waals surface area contributed by atoms with Crippen molar-refractivity contribution in [1.29, 1.82) is 0 Å². The zero-order valence-electron chi connectivity index (χ0n) is 9.32. The molecule has 16 heavy (non-hydrogen) atoms. The number of benzene rings is 1. The monoisotopic (exact) mass is 221 g/mol. The van der Waals surface area contributed by atoms with Crippen LogP contribution in [0.15, 0.2) is 24.3 Å². The molecule has 86 valence electrons. The average Bonchev–Trinajstić information content (AvgIpc) is 2.78. The van der Waals surface area contributed by atoms with Crippen molar-refractivity contribution < 1.29 is 9.18 Å². The molecule has 0 radical (unpaired) electrons. The molecule has 1 N–H and O–H groups in total. The molecule has 1 aliphatic rings. The first-order chi connectivity index (χ1) is 7.70. The number of nitrogens with one attached hydrogen (secondary N) is 1. The molecule has 2 nitrogen and oxygen atoms in total. The first-order valence-corrected chi connectivity index (χ1v) is 5.65. The molecule has 1 saturated heterocycles. The topological polar surface area (TPSA) is 29.1 Å². The molecular formula is C13H16FNO. The Labute approximate surface area is 94.9 Å². The van der Waals surface area contributed by atoms with Crippen LogP contribution in [0.3, 0.4) is 0 Å². The second-order valence-electron chi connectivity index (χ2n) is 4.50. The summed E-state index contributed by atoms with van der Waals surface area (Å²) in [5.41, 5.74) is 1.10. The van der Waals surface area contributed by atoms with E-state index in [-0.39, 0.29) is 17.8 Å². The molecule has 2 rings (SSSR count). The van der Waals surface area contributed by atoms with Gasteiger partial charge in [-0.05, 0) is 36.6 Å². The summed E-state index contributed by atoms with van der Waals surface area (Å²) in [5, 5.41) is 3.38. The maximum Gasteiger partial charge on any atom is 0.123 e. The minimum atomic E-state index is -0.209. The van der Waals surface area contributed by atoms with E-state index in [9.17, 15) is 9.18 Å². The number of rotatable bonds is 3. The highest BCUT2D eigenvalue weighted by Gasteiger charge is 2.28. The minimum Gasteiger partial charge on any atom is -0.310 e. The summed E-state index contributed by atoms with van der Waals surface area (Å²) in [4.78, 5) is 10.7. The number of hydrogen-bond donors (Lipinski definition) is 1. The molecule has 3 unspecified atom stereocenters. The third kappa shape index (κ3) is 2.30. The molecule has 1 heterocycles. The van der Waals surface area contributed by atoms with Gasteiger partial charge in [-0.15, -0.1) is 0 Å². The van der Waals surface area contributed by atoms with E-state index in [2.05, 4.69) is 5.32 Å². The molecule has 0 aliphatic carbocycles. The van der Waals surface area contributed by atoms with Crippen molar-refractivity contribution in [2.24, 2.45) is 11.8 Å². The minimum absolute atomic E-state index is 0.0953. The highest BCUT2D eigenvalue weighted by Crippen LogP contribution is 2.30. The molecule has 3 atom stereocenters. The lowest BCUT2D eigenvalue weighted by molar-refractivity contribution is -0.111. The van der Waals surface area contributed by atoms with Crippen LogP contribution in [0.2, 0.25) is 0 Å². The average molecular weight is 221 g/mol. The summed E-state index contributed by atoms with van der Waals surface area (Å²) in [6.45, 7) is 2.81. The normalized spacial score (nSPS) is 26.6. The predicted molar refractivity (Wildman–Crippen MR) is 60.5 cm³/mol. The molecular weight excluding hydrogens is 205 g/mol. The smallest absolute Gasteiger partial charge is 0.123 e. The Morgan fingerprint density at radius 1 is 1.44 bits per heavy atom. The number of halogens is 1. The van der Waals surface area contributed by atoms with E-state index in [1.165, 1.54) is 12.1 Å². The Balaban J connectivity index is 2.03. The quantitative estimate of drug-likeness (QED) is 0.793. The molecule has 0 spiro atoms.